The van der Waals surface area contributed by atoms with Crippen molar-refractivity contribution in [1.29, 1.82) is 0 Å². The van der Waals surface area contributed by atoms with Crippen molar-refractivity contribution >= 4 is 12.0 Å². The van der Waals surface area contributed by atoms with Crippen molar-refractivity contribution in [3.8, 4) is 0 Å². The van der Waals surface area contributed by atoms with Gasteiger partial charge in [0.2, 0.25) is 0 Å². The third kappa shape index (κ3) is 9.69. The first kappa shape index (κ1) is 16.5. The summed E-state index contributed by atoms with van der Waals surface area (Å²) in [5.74, 6) is -0.833. The Morgan fingerprint density at radius 3 is 2.61 bits per heavy atom. The molecular weight excluding hydrogens is 232 g/mol. The summed E-state index contributed by atoms with van der Waals surface area (Å²) in [7, 11) is 1.75. The minimum atomic E-state index is -0.833. The summed E-state index contributed by atoms with van der Waals surface area (Å²) in [4.78, 5) is 23.5. The largest absolute Gasteiger partial charge is 0.481 e. The summed E-state index contributed by atoms with van der Waals surface area (Å²) in [6, 6.07) is -0.135. The lowest BCUT2D eigenvalue weighted by Crippen LogP contribution is -2.38. The van der Waals surface area contributed by atoms with E-state index in [0.717, 1.165) is 32.2 Å². The highest BCUT2D eigenvalue weighted by Crippen LogP contribution is 2.01. The van der Waals surface area contributed by atoms with Crippen molar-refractivity contribution < 1.29 is 14.7 Å². The van der Waals surface area contributed by atoms with Crippen molar-refractivity contribution in [3.05, 3.63) is 12.7 Å². The Bertz CT molecular complexity index is 267. The Balaban J connectivity index is 3.50. The van der Waals surface area contributed by atoms with Gasteiger partial charge in [0.15, 0.2) is 0 Å². The number of hydrogen-bond donors (Lipinski definition) is 2. The number of carbonyl (C=O) groups excluding carboxylic acids is 1. The number of aliphatic carboxylic acids is 1. The molecule has 0 unspecified atom stereocenters. The van der Waals surface area contributed by atoms with E-state index in [1.54, 1.807) is 11.9 Å². The van der Waals surface area contributed by atoms with Gasteiger partial charge in [-0.1, -0.05) is 12.5 Å². The lowest BCUT2D eigenvalue weighted by atomic mass is 10.2. The molecule has 0 fully saturated rings. The van der Waals surface area contributed by atoms with E-state index in [2.05, 4.69) is 11.9 Å². The number of nitrogens with one attached hydrogen (secondary N) is 1. The highest BCUT2D eigenvalue weighted by Gasteiger charge is 2.07. The molecule has 0 bridgehead atoms. The predicted molar refractivity (Wildman–Crippen MR) is 71.6 cm³/mol. The fourth-order valence-corrected chi connectivity index (χ4v) is 1.49. The standard InChI is InChI=1S/C13H24N2O3/c1-3-4-5-6-7-11-15(2)13(18)14-10-8-9-12(16)17/h3H,1,4-11H2,2H3,(H,14,18)(H,16,17). The number of amides is 2. The number of urea groups is 1. The minimum Gasteiger partial charge on any atom is -0.481 e. The second kappa shape index (κ2) is 10.6. The zero-order valence-corrected chi connectivity index (χ0v) is 11.2. The Labute approximate surface area is 109 Å². The van der Waals surface area contributed by atoms with Crippen LogP contribution in [0.25, 0.3) is 0 Å². The van der Waals surface area contributed by atoms with E-state index >= 15 is 0 Å². The van der Waals surface area contributed by atoms with Gasteiger partial charge in [-0.15, -0.1) is 6.58 Å². The predicted octanol–water partition coefficient (Wildman–Crippen LogP) is 2.24. The maximum Gasteiger partial charge on any atom is 0.317 e. The minimum absolute atomic E-state index is 0.0888. The van der Waals surface area contributed by atoms with Crippen molar-refractivity contribution in [1.82, 2.24) is 10.2 Å². The number of carboxylic acids is 1. The van der Waals surface area contributed by atoms with Crippen molar-refractivity contribution in [2.24, 2.45) is 0 Å². The lowest BCUT2D eigenvalue weighted by Gasteiger charge is -2.17. The molecule has 0 radical (unpaired) electrons. The van der Waals surface area contributed by atoms with E-state index in [1.807, 2.05) is 6.08 Å². The monoisotopic (exact) mass is 256 g/mol. The van der Waals surface area contributed by atoms with Gasteiger partial charge >= 0.3 is 12.0 Å². The molecule has 18 heavy (non-hydrogen) atoms. The lowest BCUT2D eigenvalue weighted by molar-refractivity contribution is -0.137. The molecule has 0 aromatic heterocycles. The highest BCUT2D eigenvalue weighted by atomic mass is 16.4. The van der Waals surface area contributed by atoms with Gasteiger partial charge in [-0.05, 0) is 25.7 Å². The molecule has 2 amide bonds. The maximum absolute atomic E-state index is 11.6. The molecular formula is C13H24N2O3. The van der Waals surface area contributed by atoms with Crippen molar-refractivity contribution in [3.63, 3.8) is 0 Å². The molecule has 5 nitrogen and oxygen atoms in total. The first-order chi connectivity index (χ1) is 8.57. The van der Waals surface area contributed by atoms with Gasteiger partial charge in [-0.3, -0.25) is 4.79 Å². The van der Waals surface area contributed by atoms with Gasteiger partial charge in [0.1, 0.15) is 0 Å². The van der Waals surface area contributed by atoms with E-state index in [4.69, 9.17) is 5.11 Å². The maximum atomic E-state index is 11.6. The molecule has 0 spiro atoms. The normalized spacial score (nSPS) is 9.83. The van der Waals surface area contributed by atoms with Crippen LogP contribution < -0.4 is 5.32 Å². The van der Waals surface area contributed by atoms with Gasteiger partial charge in [0.05, 0.1) is 0 Å². The number of rotatable bonds is 10. The van der Waals surface area contributed by atoms with Gasteiger partial charge in [0, 0.05) is 26.6 Å². The molecule has 0 atom stereocenters. The molecule has 0 saturated carbocycles. The highest BCUT2D eigenvalue weighted by molar-refractivity contribution is 5.73. The second-order valence-corrected chi connectivity index (χ2v) is 4.29. The van der Waals surface area contributed by atoms with Crippen LogP contribution in [-0.2, 0) is 4.79 Å². The number of allylic oxidation sites excluding steroid dienone is 1. The number of nitrogens with zero attached hydrogens (tertiary/aromatic N) is 1. The van der Waals surface area contributed by atoms with Crippen LogP contribution in [0.1, 0.15) is 38.5 Å². The van der Waals surface area contributed by atoms with Gasteiger partial charge < -0.3 is 15.3 Å². The molecule has 2 N–H and O–H groups in total. The quantitative estimate of drug-likeness (QED) is 0.465. The summed E-state index contributed by atoms with van der Waals surface area (Å²) in [6.07, 6.45) is 6.65. The smallest absolute Gasteiger partial charge is 0.317 e. The van der Waals surface area contributed by atoms with Gasteiger partial charge in [-0.2, -0.15) is 0 Å². The van der Waals surface area contributed by atoms with E-state index in [1.165, 1.54) is 0 Å². The Hall–Kier alpha value is -1.52. The summed E-state index contributed by atoms with van der Waals surface area (Å²) < 4.78 is 0. The molecule has 0 saturated heterocycles. The average Bonchev–Trinajstić information content (AvgIpc) is 2.33. The first-order valence-electron chi connectivity index (χ1n) is 6.39. The Morgan fingerprint density at radius 1 is 1.28 bits per heavy atom. The van der Waals surface area contributed by atoms with Crippen LogP contribution in [-0.4, -0.2) is 42.1 Å². The van der Waals surface area contributed by atoms with Crippen LogP contribution in [0.5, 0.6) is 0 Å². The summed E-state index contributed by atoms with van der Waals surface area (Å²) in [5.41, 5.74) is 0. The van der Waals surface area contributed by atoms with Gasteiger partial charge in [-0.25, -0.2) is 4.79 Å². The fraction of sp³-hybridized carbons (Fsp3) is 0.692. The summed E-state index contributed by atoms with van der Waals surface area (Å²) in [6.45, 7) is 4.79. The molecule has 0 aromatic rings. The van der Waals surface area contributed by atoms with Crippen LogP contribution in [0.4, 0.5) is 4.79 Å². The van der Waals surface area contributed by atoms with Crippen LogP contribution in [0, 0.1) is 0 Å². The Morgan fingerprint density at radius 2 is 2.00 bits per heavy atom. The van der Waals surface area contributed by atoms with Crippen molar-refractivity contribution in [2.45, 2.75) is 38.5 Å². The average molecular weight is 256 g/mol. The van der Waals surface area contributed by atoms with Crippen LogP contribution in [0.15, 0.2) is 12.7 Å². The fourth-order valence-electron chi connectivity index (χ4n) is 1.49. The zero-order valence-electron chi connectivity index (χ0n) is 11.2. The van der Waals surface area contributed by atoms with Gasteiger partial charge in [0.25, 0.3) is 0 Å². The summed E-state index contributed by atoms with van der Waals surface area (Å²) >= 11 is 0. The van der Waals surface area contributed by atoms with Crippen LogP contribution in [0.3, 0.4) is 0 Å². The molecule has 0 aliphatic heterocycles. The third-order valence-electron chi connectivity index (χ3n) is 2.59. The number of carboxylic acid groups (broad SMARTS) is 1. The Kier molecular flexibility index (Phi) is 9.73. The topological polar surface area (TPSA) is 69.6 Å². The first-order valence-corrected chi connectivity index (χ1v) is 6.39. The SMILES string of the molecule is C=CCCCCCN(C)C(=O)NCCCC(=O)O. The molecule has 104 valence electrons. The second-order valence-electron chi connectivity index (χ2n) is 4.29. The molecule has 0 heterocycles. The zero-order chi connectivity index (χ0) is 13.8. The van der Waals surface area contributed by atoms with Crippen molar-refractivity contribution in [2.75, 3.05) is 20.1 Å². The molecule has 0 aromatic carbocycles. The van der Waals surface area contributed by atoms with E-state index in [9.17, 15) is 9.59 Å². The third-order valence-corrected chi connectivity index (χ3v) is 2.59. The molecule has 0 rings (SSSR count). The van der Waals surface area contributed by atoms with E-state index < -0.39 is 5.97 Å². The van der Waals surface area contributed by atoms with Crippen LogP contribution in [0.2, 0.25) is 0 Å². The molecule has 0 aliphatic carbocycles. The van der Waals surface area contributed by atoms with E-state index in [-0.39, 0.29) is 12.5 Å². The van der Waals surface area contributed by atoms with Crippen LogP contribution >= 0.6 is 0 Å². The number of unbranched alkanes of at least 4 members (excludes halogenated alkanes) is 3. The van der Waals surface area contributed by atoms with E-state index in [0.29, 0.717) is 13.0 Å². The summed E-state index contributed by atoms with van der Waals surface area (Å²) in [5, 5.41) is 11.1. The number of hydrogen-bond acceptors (Lipinski definition) is 2. The number of carbonyl (C=O) groups is 2. The molecule has 5 heteroatoms. The molecule has 0 aliphatic rings.